The van der Waals surface area contributed by atoms with Gasteiger partial charge in [-0.3, -0.25) is 4.79 Å². The lowest BCUT2D eigenvalue weighted by molar-refractivity contribution is 0.0600. The number of nitrogens with zero attached hydrogens (tertiary/aromatic N) is 1. The third-order valence-electron chi connectivity index (χ3n) is 4.58. The molecule has 2 aromatic carbocycles. The first kappa shape index (κ1) is 22.7. The van der Waals surface area contributed by atoms with Crippen LogP contribution < -0.4 is 10.6 Å². The van der Waals surface area contributed by atoms with E-state index in [4.69, 9.17) is 39.5 Å². The van der Waals surface area contributed by atoms with Crippen LogP contribution in [-0.2, 0) is 4.74 Å². The number of halogens is 3. The number of dihydropyridines is 1. The second kappa shape index (κ2) is 9.88. The van der Waals surface area contributed by atoms with Gasteiger partial charge in [0, 0.05) is 16.3 Å². The van der Waals surface area contributed by atoms with Crippen molar-refractivity contribution in [2.45, 2.75) is 6.04 Å². The van der Waals surface area contributed by atoms with E-state index >= 15 is 0 Å². The van der Waals surface area contributed by atoms with Crippen molar-refractivity contribution in [1.82, 2.24) is 10.6 Å². The van der Waals surface area contributed by atoms with Crippen LogP contribution in [0.2, 0.25) is 10.0 Å². The summed E-state index contributed by atoms with van der Waals surface area (Å²) in [4.78, 5) is 25.0. The Labute approximate surface area is 194 Å². The van der Waals surface area contributed by atoms with E-state index in [-0.39, 0.29) is 16.7 Å². The molecule has 2 N–H and O–H groups in total. The molecule has 2 aromatic rings. The summed E-state index contributed by atoms with van der Waals surface area (Å²) in [5.74, 6) is -1.17. The zero-order valence-corrected chi connectivity index (χ0v) is 18.5. The fraction of sp³-hybridized carbons (Fsp3) is 0.136. The standard InChI is InChI=1S/C22H16Cl3N3O3/c1-31-22(30)16-8-13(2-3-14(16)10-26)21(29)28-20(19-7-5-15(23)11-27-19)12-4-6-17(24)18(25)9-12/h2-9,20,27H,11H2,1H3,(H,28,29). The Morgan fingerprint density at radius 3 is 2.52 bits per heavy atom. The van der Waals surface area contributed by atoms with Gasteiger partial charge in [-0.2, -0.15) is 5.26 Å². The van der Waals surface area contributed by atoms with Crippen LogP contribution in [-0.4, -0.2) is 25.5 Å². The summed E-state index contributed by atoms with van der Waals surface area (Å²) in [6, 6.07) is 10.6. The van der Waals surface area contributed by atoms with Gasteiger partial charge in [0.2, 0.25) is 0 Å². The molecule has 1 amide bonds. The van der Waals surface area contributed by atoms with Gasteiger partial charge in [0.1, 0.15) is 6.07 Å². The lowest BCUT2D eigenvalue weighted by atomic mass is 10.00. The molecule has 158 valence electrons. The molecular formula is C22H16Cl3N3O3. The lowest BCUT2D eigenvalue weighted by Crippen LogP contribution is -2.35. The number of hydrogen-bond donors (Lipinski definition) is 2. The highest BCUT2D eigenvalue weighted by Crippen LogP contribution is 2.29. The number of carbonyl (C=O) groups is 2. The van der Waals surface area contributed by atoms with Crippen molar-refractivity contribution in [3.05, 3.63) is 91.6 Å². The van der Waals surface area contributed by atoms with Crippen molar-refractivity contribution in [3.8, 4) is 6.07 Å². The van der Waals surface area contributed by atoms with E-state index in [2.05, 4.69) is 10.6 Å². The van der Waals surface area contributed by atoms with Crippen molar-refractivity contribution in [3.63, 3.8) is 0 Å². The highest BCUT2D eigenvalue weighted by atomic mass is 35.5. The Morgan fingerprint density at radius 1 is 1.13 bits per heavy atom. The molecule has 0 aromatic heterocycles. The molecule has 0 bridgehead atoms. The zero-order chi connectivity index (χ0) is 22.5. The summed E-state index contributed by atoms with van der Waals surface area (Å²) in [6.07, 6.45) is 3.50. The highest BCUT2D eigenvalue weighted by molar-refractivity contribution is 6.42. The van der Waals surface area contributed by atoms with Gasteiger partial charge in [0.15, 0.2) is 0 Å². The predicted octanol–water partition coefficient (Wildman–Crippen LogP) is 4.73. The lowest BCUT2D eigenvalue weighted by Gasteiger charge is -2.25. The third kappa shape index (κ3) is 5.20. The maximum Gasteiger partial charge on any atom is 0.339 e. The summed E-state index contributed by atoms with van der Waals surface area (Å²) in [5, 5.41) is 16.7. The van der Waals surface area contributed by atoms with Crippen LogP contribution in [0.1, 0.15) is 37.9 Å². The normalized spacial score (nSPS) is 13.8. The molecular weight excluding hydrogens is 461 g/mol. The molecule has 0 fully saturated rings. The number of ether oxygens (including phenoxy) is 1. The number of allylic oxidation sites excluding steroid dienone is 2. The van der Waals surface area contributed by atoms with E-state index in [0.29, 0.717) is 32.9 Å². The fourth-order valence-corrected chi connectivity index (χ4v) is 3.43. The number of methoxy groups -OCH3 is 1. The molecule has 0 radical (unpaired) electrons. The van der Waals surface area contributed by atoms with Crippen LogP contribution in [0.25, 0.3) is 0 Å². The smallest absolute Gasteiger partial charge is 0.339 e. The zero-order valence-electron chi connectivity index (χ0n) is 16.2. The molecule has 0 saturated carbocycles. The summed E-state index contributed by atoms with van der Waals surface area (Å²) in [6.45, 7) is 0.407. The molecule has 0 aliphatic carbocycles. The van der Waals surface area contributed by atoms with Gasteiger partial charge in [-0.15, -0.1) is 0 Å². The Balaban J connectivity index is 1.98. The number of esters is 1. The summed E-state index contributed by atoms with van der Waals surface area (Å²) in [7, 11) is 1.20. The molecule has 1 unspecified atom stereocenters. The molecule has 1 aliphatic heterocycles. The second-order valence-corrected chi connectivity index (χ2v) is 7.83. The van der Waals surface area contributed by atoms with Crippen LogP contribution in [0.3, 0.4) is 0 Å². The predicted molar refractivity (Wildman–Crippen MR) is 119 cm³/mol. The SMILES string of the molecule is COC(=O)c1cc(C(=O)NC(C2=CC=C(Cl)CN2)c2ccc(Cl)c(Cl)c2)ccc1C#N. The summed E-state index contributed by atoms with van der Waals surface area (Å²) >= 11 is 18.2. The number of nitrogens with one attached hydrogen (secondary N) is 2. The number of amides is 1. The Morgan fingerprint density at radius 2 is 1.90 bits per heavy atom. The molecule has 9 heteroatoms. The summed E-state index contributed by atoms with van der Waals surface area (Å²) < 4.78 is 4.71. The average molecular weight is 477 g/mol. The van der Waals surface area contributed by atoms with Crippen molar-refractivity contribution in [1.29, 1.82) is 5.26 Å². The van der Waals surface area contributed by atoms with Crippen LogP contribution >= 0.6 is 34.8 Å². The van der Waals surface area contributed by atoms with Crippen LogP contribution in [0.15, 0.2) is 59.3 Å². The molecule has 0 spiro atoms. The van der Waals surface area contributed by atoms with E-state index < -0.39 is 17.9 Å². The minimum Gasteiger partial charge on any atom is -0.465 e. The van der Waals surface area contributed by atoms with Crippen LogP contribution in [0, 0.1) is 11.3 Å². The van der Waals surface area contributed by atoms with Gasteiger partial charge in [0.05, 0.1) is 40.9 Å². The third-order valence-corrected chi connectivity index (χ3v) is 5.57. The number of carbonyl (C=O) groups excluding carboxylic acids is 2. The van der Waals surface area contributed by atoms with Gasteiger partial charge in [-0.1, -0.05) is 40.9 Å². The second-order valence-electron chi connectivity index (χ2n) is 6.53. The minimum absolute atomic E-state index is 0.00783. The van der Waals surface area contributed by atoms with E-state index in [9.17, 15) is 14.9 Å². The van der Waals surface area contributed by atoms with Gasteiger partial charge in [0.25, 0.3) is 5.91 Å². The number of hydrogen-bond acceptors (Lipinski definition) is 5. The van der Waals surface area contributed by atoms with E-state index in [1.165, 1.54) is 25.3 Å². The van der Waals surface area contributed by atoms with E-state index in [1.807, 2.05) is 6.07 Å². The quantitative estimate of drug-likeness (QED) is 0.609. The topological polar surface area (TPSA) is 91.2 Å². The van der Waals surface area contributed by atoms with Crippen LogP contribution in [0.4, 0.5) is 0 Å². The largest absolute Gasteiger partial charge is 0.465 e. The Hall–Kier alpha value is -2.98. The van der Waals surface area contributed by atoms with E-state index in [0.717, 1.165) is 0 Å². The molecule has 1 aliphatic rings. The first-order valence-corrected chi connectivity index (χ1v) is 10.2. The molecule has 1 heterocycles. The first-order valence-electron chi connectivity index (χ1n) is 9.02. The molecule has 0 saturated heterocycles. The average Bonchev–Trinajstić information content (AvgIpc) is 2.79. The molecule has 6 nitrogen and oxygen atoms in total. The molecule has 3 rings (SSSR count). The highest BCUT2D eigenvalue weighted by Gasteiger charge is 2.23. The van der Waals surface area contributed by atoms with Crippen molar-refractivity contribution < 1.29 is 14.3 Å². The molecule has 31 heavy (non-hydrogen) atoms. The summed E-state index contributed by atoms with van der Waals surface area (Å²) in [5.41, 5.74) is 1.69. The van der Waals surface area contributed by atoms with Crippen molar-refractivity contribution in [2.24, 2.45) is 0 Å². The van der Waals surface area contributed by atoms with Gasteiger partial charge in [-0.05, 0) is 48.0 Å². The monoisotopic (exact) mass is 475 g/mol. The van der Waals surface area contributed by atoms with Crippen LogP contribution in [0.5, 0.6) is 0 Å². The maximum absolute atomic E-state index is 13.0. The minimum atomic E-state index is -0.705. The van der Waals surface area contributed by atoms with Crippen molar-refractivity contribution >= 4 is 46.7 Å². The van der Waals surface area contributed by atoms with Gasteiger partial charge >= 0.3 is 5.97 Å². The number of benzene rings is 2. The van der Waals surface area contributed by atoms with Crippen molar-refractivity contribution in [2.75, 3.05) is 13.7 Å². The number of rotatable bonds is 5. The fourth-order valence-electron chi connectivity index (χ4n) is 2.99. The first-order chi connectivity index (χ1) is 14.8. The maximum atomic E-state index is 13.0. The molecule has 1 atom stereocenters. The van der Waals surface area contributed by atoms with Gasteiger partial charge in [-0.25, -0.2) is 4.79 Å². The Bertz CT molecular complexity index is 1150. The van der Waals surface area contributed by atoms with E-state index in [1.54, 1.807) is 30.4 Å². The number of nitriles is 1. The Kier molecular flexibility index (Phi) is 7.24. The van der Waals surface area contributed by atoms with Gasteiger partial charge < -0.3 is 15.4 Å².